The highest BCUT2D eigenvalue weighted by atomic mass is 16.9. The van der Waals surface area contributed by atoms with Crippen LogP contribution < -0.4 is 0 Å². The molecule has 0 atom stereocenters. The quantitative estimate of drug-likeness (QED) is 0.415. The zero-order chi connectivity index (χ0) is 5.70. The topological polar surface area (TPSA) is 32.7 Å². The molecule has 0 aliphatic carbocycles. The zero-order valence-electron chi connectivity index (χ0n) is 4.29. The van der Waals surface area contributed by atoms with Gasteiger partial charge in [0.15, 0.2) is 0 Å². The number of rotatable bonds is 3. The first-order chi connectivity index (χ1) is 3.31. The van der Waals surface area contributed by atoms with Gasteiger partial charge in [-0.1, -0.05) is 11.3 Å². The molecule has 0 heterocycles. The van der Waals surface area contributed by atoms with Gasteiger partial charge in [0, 0.05) is 0 Å². The highest BCUT2D eigenvalue weighted by Crippen LogP contribution is 1.77. The van der Waals surface area contributed by atoms with Crippen LogP contribution in [0, 0.1) is 0 Å². The molecule has 0 rings (SSSR count). The molecule has 3 nitrogen and oxygen atoms in total. The Morgan fingerprint density at radius 1 is 2.00 bits per heavy atom. The summed E-state index contributed by atoms with van der Waals surface area (Å²) in [5, 5.41) is 9.09. The van der Waals surface area contributed by atoms with Gasteiger partial charge in [0.25, 0.3) is 0 Å². The summed E-state index contributed by atoms with van der Waals surface area (Å²) in [7, 11) is 1.38. The summed E-state index contributed by atoms with van der Waals surface area (Å²) < 4.78 is 0. The van der Waals surface area contributed by atoms with Crippen molar-refractivity contribution in [3.8, 4) is 0 Å². The molecule has 0 amide bonds. The average Bonchev–Trinajstić information content (AvgIpc) is 1.68. The molecular weight excluding hydrogens is 94.0 g/mol. The van der Waals surface area contributed by atoms with Crippen LogP contribution in [0.5, 0.6) is 0 Å². The fourth-order valence-corrected chi connectivity index (χ4v) is 0.185. The fourth-order valence-electron chi connectivity index (χ4n) is 0.185. The Balaban J connectivity index is 2.98. The van der Waals surface area contributed by atoms with E-state index in [1.54, 1.807) is 0 Å². The van der Waals surface area contributed by atoms with Crippen molar-refractivity contribution in [2.45, 2.75) is 0 Å². The molecule has 0 radical (unpaired) electrons. The van der Waals surface area contributed by atoms with Crippen LogP contribution >= 0.6 is 0 Å². The van der Waals surface area contributed by atoms with Crippen molar-refractivity contribution in [1.82, 2.24) is 5.23 Å². The van der Waals surface area contributed by atoms with Crippen molar-refractivity contribution in [3.63, 3.8) is 0 Å². The minimum absolute atomic E-state index is 0.330. The third kappa shape index (κ3) is 3.45. The van der Waals surface area contributed by atoms with Gasteiger partial charge in [-0.15, -0.1) is 6.58 Å². The maximum absolute atomic E-state index is 8.40. The lowest BCUT2D eigenvalue weighted by atomic mass is 10.7. The number of hydroxylamine groups is 2. The lowest BCUT2D eigenvalue weighted by Gasteiger charge is -2.05. The lowest BCUT2D eigenvalue weighted by Crippen LogP contribution is -2.16. The Morgan fingerprint density at radius 3 is 2.71 bits per heavy atom. The van der Waals surface area contributed by atoms with E-state index in [2.05, 4.69) is 11.4 Å². The molecule has 0 fully saturated rings. The van der Waals surface area contributed by atoms with Gasteiger partial charge in [-0.2, -0.15) is 0 Å². The van der Waals surface area contributed by atoms with Gasteiger partial charge >= 0.3 is 0 Å². The lowest BCUT2D eigenvalue weighted by molar-refractivity contribution is -0.318. The summed E-state index contributed by atoms with van der Waals surface area (Å²) in [6.07, 6.45) is 1.53. The maximum Gasteiger partial charge on any atom is 0.0693 e. The average molecular weight is 103 g/mol. The predicted molar refractivity (Wildman–Crippen MR) is 25.7 cm³/mol. The first-order valence-corrected chi connectivity index (χ1v) is 1.92. The summed E-state index contributed by atoms with van der Waals surface area (Å²) >= 11 is 0. The molecule has 0 aromatic rings. The van der Waals surface area contributed by atoms with E-state index in [1.165, 1.54) is 13.2 Å². The highest BCUT2D eigenvalue weighted by Gasteiger charge is 1.87. The number of hydrogen-bond donors (Lipinski definition) is 1. The Labute approximate surface area is 42.7 Å². The molecule has 0 saturated carbocycles. The molecule has 0 aliphatic rings. The second-order valence-corrected chi connectivity index (χ2v) is 1.01. The van der Waals surface area contributed by atoms with E-state index in [0.29, 0.717) is 11.8 Å². The number of hydrogen-bond acceptors (Lipinski definition) is 3. The standard InChI is InChI=1S/C4H9NO2/c1-3-4-5(6)7-2/h3,6H,1,4H2,2H3. The van der Waals surface area contributed by atoms with E-state index >= 15 is 0 Å². The molecule has 0 unspecified atom stereocenters. The van der Waals surface area contributed by atoms with Crippen LogP contribution in [0.2, 0.25) is 0 Å². The molecule has 0 aliphatic heterocycles. The first-order valence-electron chi connectivity index (χ1n) is 1.92. The molecular formula is C4H9NO2. The second kappa shape index (κ2) is 3.80. The highest BCUT2D eigenvalue weighted by molar-refractivity contribution is 4.65. The van der Waals surface area contributed by atoms with Gasteiger partial charge in [-0.05, 0) is 0 Å². The van der Waals surface area contributed by atoms with E-state index < -0.39 is 0 Å². The molecule has 7 heavy (non-hydrogen) atoms. The Morgan fingerprint density at radius 2 is 2.57 bits per heavy atom. The van der Waals surface area contributed by atoms with Crippen LogP contribution in [0.1, 0.15) is 0 Å². The van der Waals surface area contributed by atoms with Crippen LogP contribution in [-0.2, 0) is 4.84 Å². The van der Waals surface area contributed by atoms with Crippen LogP contribution in [0.25, 0.3) is 0 Å². The molecule has 0 spiro atoms. The van der Waals surface area contributed by atoms with Crippen LogP contribution in [0.3, 0.4) is 0 Å². The third-order valence-electron chi connectivity index (χ3n) is 0.496. The third-order valence-corrected chi connectivity index (χ3v) is 0.496. The Bertz CT molecular complexity index is 55.7. The van der Waals surface area contributed by atoms with Crippen LogP contribution in [0.4, 0.5) is 0 Å². The summed E-state index contributed by atoms with van der Waals surface area (Å²) in [6.45, 7) is 3.70. The largest absolute Gasteiger partial charge is 0.289 e. The summed E-state index contributed by atoms with van der Waals surface area (Å²) in [4.78, 5) is 4.31. The smallest absolute Gasteiger partial charge is 0.0693 e. The van der Waals surface area contributed by atoms with Crippen LogP contribution in [-0.4, -0.2) is 24.1 Å². The first kappa shape index (κ1) is 6.62. The minimum Gasteiger partial charge on any atom is -0.289 e. The van der Waals surface area contributed by atoms with E-state index in [0.717, 1.165) is 0 Å². The molecule has 3 heteroatoms. The molecule has 0 saturated heterocycles. The fraction of sp³-hybridized carbons (Fsp3) is 0.500. The van der Waals surface area contributed by atoms with Crippen molar-refractivity contribution in [2.75, 3.05) is 13.7 Å². The zero-order valence-corrected chi connectivity index (χ0v) is 4.29. The Hall–Kier alpha value is -0.380. The van der Waals surface area contributed by atoms with Gasteiger partial charge in [0.05, 0.1) is 13.7 Å². The van der Waals surface area contributed by atoms with E-state index in [-0.39, 0.29) is 0 Å². The minimum atomic E-state index is 0.330. The molecule has 0 aromatic carbocycles. The summed E-state index contributed by atoms with van der Waals surface area (Å²) in [5.74, 6) is 0. The summed E-state index contributed by atoms with van der Waals surface area (Å²) in [6, 6.07) is 0. The van der Waals surface area contributed by atoms with Crippen LogP contribution in [0.15, 0.2) is 12.7 Å². The van der Waals surface area contributed by atoms with Gasteiger partial charge in [0.2, 0.25) is 0 Å². The van der Waals surface area contributed by atoms with Gasteiger partial charge in [0.1, 0.15) is 0 Å². The van der Waals surface area contributed by atoms with Crippen molar-refractivity contribution < 1.29 is 10.0 Å². The van der Waals surface area contributed by atoms with Crippen molar-refractivity contribution >= 4 is 0 Å². The van der Waals surface area contributed by atoms with E-state index in [4.69, 9.17) is 5.21 Å². The summed E-state index contributed by atoms with van der Waals surface area (Å²) in [5.41, 5.74) is 0. The second-order valence-electron chi connectivity index (χ2n) is 1.01. The molecule has 1 N–H and O–H groups in total. The monoisotopic (exact) mass is 103 g/mol. The number of nitrogens with zero attached hydrogens (tertiary/aromatic N) is 1. The predicted octanol–water partition coefficient (Wildman–Crippen LogP) is 0.425. The molecule has 0 aromatic heterocycles. The van der Waals surface area contributed by atoms with Gasteiger partial charge in [-0.25, -0.2) is 0 Å². The van der Waals surface area contributed by atoms with E-state index in [1.807, 2.05) is 0 Å². The maximum atomic E-state index is 8.40. The van der Waals surface area contributed by atoms with E-state index in [9.17, 15) is 0 Å². The van der Waals surface area contributed by atoms with Crippen molar-refractivity contribution in [2.24, 2.45) is 0 Å². The Kier molecular flexibility index (Phi) is 3.59. The SMILES string of the molecule is C=CCN(O)OC. The molecule has 42 valence electrons. The van der Waals surface area contributed by atoms with Gasteiger partial charge in [-0.3, -0.25) is 10.0 Å². The van der Waals surface area contributed by atoms with Crippen molar-refractivity contribution in [1.29, 1.82) is 0 Å². The van der Waals surface area contributed by atoms with Crippen molar-refractivity contribution in [3.05, 3.63) is 12.7 Å². The van der Waals surface area contributed by atoms with Gasteiger partial charge < -0.3 is 0 Å². The normalized spacial score (nSPS) is 9.57. The molecule has 0 bridgehead atoms.